The number of carbonyl (C=O) groups is 1. The molecule has 26 heavy (non-hydrogen) atoms. The molecule has 3 rings (SSSR count). The lowest BCUT2D eigenvalue weighted by molar-refractivity contribution is 0.237. The number of rotatable bonds is 6. The predicted molar refractivity (Wildman–Crippen MR) is 101 cm³/mol. The normalized spacial score (nSPS) is 11.8. The Bertz CT molecular complexity index is 866. The first-order chi connectivity index (χ1) is 12.6. The molecular weight excluding hydrogens is 350 g/mol. The van der Waals surface area contributed by atoms with E-state index in [-0.39, 0.29) is 12.1 Å². The molecule has 0 fully saturated rings. The minimum atomic E-state index is -0.237. The Morgan fingerprint density at radius 2 is 2.00 bits per heavy atom. The fraction of sp³-hybridized carbons (Fsp3) is 0.211. The number of nitrogens with zero attached hydrogens (tertiary/aromatic N) is 3. The molecule has 1 atom stereocenters. The molecule has 0 radical (unpaired) electrons. The van der Waals surface area contributed by atoms with Crippen molar-refractivity contribution in [3.63, 3.8) is 0 Å². The zero-order valence-electron chi connectivity index (χ0n) is 14.4. The summed E-state index contributed by atoms with van der Waals surface area (Å²) in [5.41, 5.74) is 3.00. The number of nitrogens with one attached hydrogen (secondary N) is 2. The van der Waals surface area contributed by atoms with Gasteiger partial charge in [0.15, 0.2) is 0 Å². The molecule has 6 nitrogen and oxygen atoms in total. The summed E-state index contributed by atoms with van der Waals surface area (Å²) in [6.45, 7) is 2.98. The van der Waals surface area contributed by atoms with E-state index in [9.17, 15) is 4.79 Å². The van der Waals surface area contributed by atoms with Gasteiger partial charge in [0.2, 0.25) is 0 Å². The average Bonchev–Trinajstić information content (AvgIpc) is 3.13. The number of benzene rings is 2. The van der Waals surface area contributed by atoms with E-state index in [1.165, 1.54) is 6.33 Å². The van der Waals surface area contributed by atoms with E-state index in [0.29, 0.717) is 18.1 Å². The lowest BCUT2D eigenvalue weighted by Gasteiger charge is -2.16. The Kier molecular flexibility index (Phi) is 5.86. The Labute approximate surface area is 157 Å². The molecule has 2 amide bonds. The molecule has 3 aromatic rings. The van der Waals surface area contributed by atoms with Crippen molar-refractivity contribution < 1.29 is 4.79 Å². The SMILES string of the molecule is C[C@@H](NC(=O)NCc1cccc(Cn2cncn2)c1)c1ccccc1Cl. The summed E-state index contributed by atoms with van der Waals surface area (Å²) >= 11 is 6.17. The summed E-state index contributed by atoms with van der Waals surface area (Å²) in [5, 5.41) is 10.5. The maximum Gasteiger partial charge on any atom is 0.315 e. The molecular formula is C19H20ClN5O. The number of amides is 2. The molecule has 0 aliphatic rings. The van der Waals surface area contributed by atoms with E-state index in [0.717, 1.165) is 16.7 Å². The van der Waals surface area contributed by atoms with E-state index in [4.69, 9.17) is 11.6 Å². The number of halogens is 1. The first-order valence-corrected chi connectivity index (χ1v) is 8.68. The molecule has 2 N–H and O–H groups in total. The summed E-state index contributed by atoms with van der Waals surface area (Å²) in [5.74, 6) is 0. The first-order valence-electron chi connectivity index (χ1n) is 8.31. The average molecular weight is 370 g/mol. The number of carbonyl (C=O) groups excluding carboxylic acids is 1. The van der Waals surface area contributed by atoms with Crippen molar-refractivity contribution >= 4 is 17.6 Å². The standard InChI is InChI=1S/C19H20ClN5O/c1-14(17-7-2-3-8-18(17)20)24-19(26)22-10-15-5-4-6-16(9-15)11-25-13-21-12-23-25/h2-9,12-14H,10-11H2,1H3,(H2,22,24,26)/t14-/m1/s1. The highest BCUT2D eigenvalue weighted by molar-refractivity contribution is 6.31. The lowest BCUT2D eigenvalue weighted by Crippen LogP contribution is -2.36. The topological polar surface area (TPSA) is 71.8 Å². The fourth-order valence-corrected chi connectivity index (χ4v) is 2.97. The molecule has 0 saturated heterocycles. The van der Waals surface area contributed by atoms with E-state index in [1.54, 1.807) is 11.0 Å². The largest absolute Gasteiger partial charge is 0.334 e. The van der Waals surface area contributed by atoms with Crippen molar-refractivity contribution in [3.05, 3.63) is 82.9 Å². The number of urea groups is 1. The van der Waals surface area contributed by atoms with Gasteiger partial charge in [0.1, 0.15) is 12.7 Å². The van der Waals surface area contributed by atoms with Crippen LogP contribution in [0.15, 0.2) is 61.2 Å². The zero-order chi connectivity index (χ0) is 18.4. The molecule has 0 aliphatic heterocycles. The highest BCUT2D eigenvalue weighted by atomic mass is 35.5. The second-order valence-electron chi connectivity index (χ2n) is 5.98. The Balaban J connectivity index is 1.53. The van der Waals surface area contributed by atoms with Crippen molar-refractivity contribution in [3.8, 4) is 0 Å². The number of hydrogen-bond donors (Lipinski definition) is 2. The van der Waals surface area contributed by atoms with E-state index >= 15 is 0 Å². The second kappa shape index (κ2) is 8.49. The third-order valence-corrected chi connectivity index (χ3v) is 4.32. The van der Waals surface area contributed by atoms with Gasteiger partial charge >= 0.3 is 6.03 Å². The van der Waals surface area contributed by atoms with Gasteiger partial charge in [-0.15, -0.1) is 0 Å². The van der Waals surface area contributed by atoms with Crippen molar-refractivity contribution in [2.24, 2.45) is 0 Å². The predicted octanol–water partition coefficient (Wildman–Crippen LogP) is 3.54. The van der Waals surface area contributed by atoms with Gasteiger partial charge in [-0.2, -0.15) is 5.10 Å². The third kappa shape index (κ3) is 4.83. The molecule has 0 unspecified atom stereocenters. The van der Waals surface area contributed by atoms with Crippen LogP contribution in [0.4, 0.5) is 4.79 Å². The van der Waals surface area contributed by atoms with Gasteiger partial charge in [-0.1, -0.05) is 54.1 Å². The monoisotopic (exact) mass is 369 g/mol. The summed E-state index contributed by atoms with van der Waals surface area (Å²) in [6.07, 6.45) is 3.18. The van der Waals surface area contributed by atoms with Crippen molar-refractivity contribution in [2.45, 2.75) is 26.1 Å². The van der Waals surface area contributed by atoms with Gasteiger partial charge in [-0.25, -0.2) is 14.5 Å². The second-order valence-corrected chi connectivity index (χ2v) is 6.39. The van der Waals surface area contributed by atoms with Crippen LogP contribution in [0.5, 0.6) is 0 Å². The van der Waals surface area contributed by atoms with Crippen LogP contribution in [0.3, 0.4) is 0 Å². The van der Waals surface area contributed by atoms with Crippen molar-refractivity contribution in [2.75, 3.05) is 0 Å². The quantitative estimate of drug-likeness (QED) is 0.698. The molecule has 0 aliphatic carbocycles. The van der Waals surface area contributed by atoms with Gasteiger partial charge < -0.3 is 10.6 Å². The van der Waals surface area contributed by atoms with Crippen LogP contribution in [-0.2, 0) is 13.1 Å². The number of hydrogen-bond acceptors (Lipinski definition) is 3. The maximum absolute atomic E-state index is 12.2. The van der Waals surface area contributed by atoms with Gasteiger partial charge in [-0.3, -0.25) is 0 Å². The molecule has 2 aromatic carbocycles. The van der Waals surface area contributed by atoms with Crippen molar-refractivity contribution in [1.29, 1.82) is 0 Å². The Morgan fingerprint density at radius 1 is 1.19 bits per heavy atom. The minimum absolute atomic E-state index is 0.178. The molecule has 1 heterocycles. The first kappa shape index (κ1) is 17.9. The number of aromatic nitrogens is 3. The smallest absolute Gasteiger partial charge is 0.315 e. The van der Waals surface area contributed by atoms with E-state index < -0.39 is 0 Å². The highest BCUT2D eigenvalue weighted by Gasteiger charge is 2.11. The van der Waals surface area contributed by atoms with Crippen molar-refractivity contribution in [1.82, 2.24) is 25.4 Å². The summed E-state index contributed by atoms with van der Waals surface area (Å²) < 4.78 is 1.75. The summed E-state index contributed by atoms with van der Waals surface area (Å²) in [4.78, 5) is 16.1. The molecule has 0 spiro atoms. The minimum Gasteiger partial charge on any atom is -0.334 e. The third-order valence-electron chi connectivity index (χ3n) is 3.97. The fourth-order valence-electron chi connectivity index (χ4n) is 2.67. The van der Waals surface area contributed by atoms with E-state index in [1.807, 2.05) is 55.5 Å². The van der Waals surface area contributed by atoms with E-state index in [2.05, 4.69) is 20.7 Å². The Morgan fingerprint density at radius 3 is 2.77 bits per heavy atom. The highest BCUT2D eigenvalue weighted by Crippen LogP contribution is 2.21. The molecule has 134 valence electrons. The molecule has 7 heteroatoms. The van der Waals surface area contributed by atoms with Crippen LogP contribution in [-0.4, -0.2) is 20.8 Å². The maximum atomic E-state index is 12.2. The Hall–Kier alpha value is -2.86. The molecule has 0 saturated carbocycles. The summed E-state index contributed by atoms with van der Waals surface area (Å²) in [6, 6.07) is 15.1. The van der Waals surface area contributed by atoms with Crippen LogP contribution in [0.2, 0.25) is 5.02 Å². The summed E-state index contributed by atoms with van der Waals surface area (Å²) in [7, 11) is 0. The van der Waals surface area contributed by atoms with Crippen LogP contribution in [0.25, 0.3) is 0 Å². The van der Waals surface area contributed by atoms with Crippen LogP contribution in [0.1, 0.15) is 29.7 Å². The van der Waals surface area contributed by atoms with Crippen LogP contribution in [0, 0.1) is 0 Å². The van der Waals surface area contributed by atoms with Gasteiger partial charge in [0, 0.05) is 11.6 Å². The van der Waals surface area contributed by atoms with Gasteiger partial charge in [-0.05, 0) is 29.7 Å². The lowest BCUT2D eigenvalue weighted by atomic mass is 10.1. The van der Waals surface area contributed by atoms with Gasteiger partial charge in [0.05, 0.1) is 12.6 Å². The zero-order valence-corrected chi connectivity index (χ0v) is 15.1. The van der Waals surface area contributed by atoms with Crippen LogP contribution >= 0.6 is 11.6 Å². The molecule has 0 bridgehead atoms. The van der Waals surface area contributed by atoms with Crippen LogP contribution < -0.4 is 10.6 Å². The molecule has 1 aromatic heterocycles. The van der Waals surface area contributed by atoms with Gasteiger partial charge in [0.25, 0.3) is 0 Å².